The van der Waals surface area contributed by atoms with Crippen molar-refractivity contribution in [2.75, 3.05) is 13.2 Å². The molecule has 0 aromatic heterocycles. The lowest BCUT2D eigenvalue weighted by Crippen LogP contribution is -2.48. The van der Waals surface area contributed by atoms with E-state index >= 15 is 0 Å². The van der Waals surface area contributed by atoms with Gasteiger partial charge < -0.3 is 9.64 Å². The Morgan fingerprint density at radius 1 is 0.848 bits per heavy atom. The van der Waals surface area contributed by atoms with Gasteiger partial charge in [-0.1, -0.05) is 92.6 Å². The molecule has 1 aliphatic rings. The third kappa shape index (κ3) is 4.60. The first-order chi connectivity index (χ1) is 16.1. The summed E-state index contributed by atoms with van der Waals surface area (Å²) in [6.07, 6.45) is 4.45. The van der Waals surface area contributed by atoms with Gasteiger partial charge in [0, 0.05) is 12.1 Å². The van der Waals surface area contributed by atoms with Crippen molar-refractivity contribution >= 4 is 5.91 Å². The molecule has 1 atom stereocenters. The quantitative estimate of drug-likeness (QED) is 0.352. The van der Waals surface area contributed by atoms with E-state index in [9.17, 15) is 4.79 Å². The molecule has 172 valence electrons. The van der Waals surface area contributed by atoms with Gasteiger partial charge >= 0.3 is 0 Å². The van der Waals surface area contributed by atoms with Crippen LogP contribution in [0.2, 0.25) is 0 Å². The van der Waals surface area contributed by atoms with E-state index in [1.165, 1.54) is 24.0 Å². The normalized spacial score (nSPS) is 17.4. The number of carbonyl (C=O) groups excluding carboxylic acids is 1. The zero-order valence-corrected chi connectivity index (χ0v) is 20.1. The number of fused-ring (bicyclic) bond motifs is 1. The van der Waals surface area contributed by atoms with Crippen molar-refractivity contribution in [1.82, 2.24) is 4.90 Å². The van der Waals surface area contributed by atoms with Crippen molar-refractivity contribution in [1.29, 1.82) is 0 Å². The second kappa shape index (κ2) is 10.4. The molecule has 0 radical (unpaired) electrons. The summed E-state index contributed by atoms with van der Waals surface area (Å²) in [7, 11) is 0. The lowest BCUT2D eigenvalue weighted by atomic mass is 9.82. The van der Waals surface area contributed by atoms with Gasteiger partial charge in [0.2, 0.25) is 0 Å². The highest BCUT2D eigenvalue weighted by Gasteiger charge is 2.50. The van der Waals surface area contributed by atoms with Crippen molar-refractivity contribution in [2.45, 2.75) is 58.6 Å². The summed E-state index contributed by atoms with van der Waals surface area (Å²) in [6, 6.07) is 25.3. The molecule has 1 amide bonds. The average molecular weight is 442 g/mol. The Hall–Kier alpha value is -2.91. The number of rotatable bonds is 10. The average Bonchev–Trinajstić information content (AvgIpc) is 3.08. The summed E-state index contributed by atoms with van der Waals surface area (Å²) in [6.45, 7) is 8.08. The van der Waals surface area contributed by atoms with Crippen LogP contribution in [0, 0.1) is 6.92 Å². The summed E-state index contributed by atoms with van der Waals surface area (Å²) in [5.74, 6) is 0.0944. The highest BCUT2D eigenvalue weighted by molar-refractivity contribution is 6.00. The number of ether oxygens (including phenoxy) is 1. The molecule has 4 rings (SSSR count). The molecule has 1 aliphatic heterocycles. The Morgan fingerprint density at radius 2 is 1.55 bits per heavy atom. The third-order valence-corrected chi connectivity index (χ3v) is 6.71. The number of hydrogen-bond donors (Lipinski definition) is 0. The molecule has 3 heteroatoms. The fourth-order valence-corrected chi connectivity index (χ4v) is 4.89. The number of benzene rings is 3. The first-order valence-electron chi connectivity index (χ1n) is 12.2. The summed E-state index contributed by atoms with van der Waals surface area (Å²) in [5, 5.41) is 0. The number of carbonyl (C=O) groups is 1. The zero-order valence-electron chi connectivity index (χ0n) is 20.1. The van der Waals surface area contributed by atoms with E-state index in [0.29, 0.717) is 19.8 Å². The Labute approximate surface area is 198 Å². The number of hydrogen-bond acceptors (Lipinski definition) is 2. The smallest absolute Gasteiger partial charge is 0.255 e. The zero-order chi connectivity index (χ0) is 23.3. The molecular weight excluding hydrogens is 406 g/mol. The molecule has 0 fully saturated rings. The predicted molar refractivity (Wildman–Crippen MR) is 134 cm³/mol. The standard InChI is InChI=1S/C30H35NO2/c1-4-6-9-24-14-16-25(17-15-24)21-33-22-30(26-18-12-23(3)13-19-26)28-11-8-7-10-27(28)29(32)31(30)20-5-2/h7-8,10-19H,4-6,9,20-22H2,1-3H3. The van der Waals surface area contributed by atoms with Crippen LogP contribution >= 0.6 is 0 Å². The van der Waals surface area contributed by atoms with Crippen LogP contribution in [-0.4, -0.2) is 24.0 Å². The minimum atomic E-state index is -0.613. The Bertz CT molecular complexity index is 1070. The van der Waals surface area contributed by atoms with Crippen molar-refractivity contribution in [3.05, 3.63) is 106 Å². The van der Waals surface area contributed by atoms with Crippen LogP contribution in [-0.2, 0) is 23.3 Å². The summed E-state index contributed by atoms with van der Waals surface area (Å²) >= 11 is 0. The molecule has 3 aromatic carbocycles. The van der Waals surface area contributed by atoms with Gasteiger partial charge in [-0.15, -0.1) is 0 Å². The summed E-state index contributed by atoms with van der Waals surface area (Å²) in [4.78, 5) is 15.5. The van der Waals surface area contributed by atoms with Crippen LogP contribution in [0.25, 0.3) is 0 Å². The molecule has 0 aliphatic carbocycles. The largest absolute Gasteiger partial charge is 0.374 e. The predicted octanol–water partition coefficient (Wildman–Crippen LogP) is 6.66. The van der Waals surface area contributed by atoms with E-state index < -0.39 is 5.54 Å². The van der Waals surface area contributed by atoms with Crippen molar-refractivity contribution in [3.8, 4) is 0 Å². The highest BCUT2D eigenvalue weighted by atomic mass is 16.5. The highest BCUT2D eigenvalue weighted by Crippen LogP contribution is 2.44. The fourth-order valence-electron chi connectivity index (χ4n) is 4.89. The van der Waals surface area contributed by atoms with E-state index in [2.05, 4.69) is 75.4 Å². The minimum Gasteiger partial charge on any atom is -0.374 e. The van der Waals surface area contributed by atoms with Crippen LogP contribution < -0.4 is 0 Å². The second-order valence-electron chi connectivity index (χ2n) is 9.14. The van der Waals surface area contributed by atoms with E-state index in [1.807, 2.05) is 23.1 Å². The molecular formula is C30H35NO2. The van der Waals surface area contributed by atoms with Gasteiger partial charge in [-0.2, -0.15) is 0 Å². The van der Waals surface area contributed by atoms with Gasteiger partial charge in [-0.05, 0) is 54.5 Å². The molecule has 33 heavy (non-hydrogen) atoms. The first-order valence-corrected chi connectivity index (χ1v) is 12.2. The first kappa shape index (κ1) is 23.3. The topological polar surface area (TPSA) is 29.5 Å². The number of aryl methyl sites for hydroxylation is 2. The molecule has 0 saturated carbocycles. The Morgan fingerprint density at radius 3 is 2.24 bits per heavy atom. The lowest BCUT2D eigenvalue weighted by Gasteiger charge is -2.39. The van der Waals surface area contributed by atoms with Gasteiger partial charge in [0.1, 0.15) is 5.54 Å². The molecule has 3 aromatic rings. The molecule has 0 saturated heterocycles. The Balaban J connectivity index is 1.64. The van der Waals surface area contributed by atoms with E-state index in [0.717, 1.165) is 35.1 Å². The van der Waals surface area contributed by atoms with Crippen molar-refractivity contribution in [3.63, 3.8) is 0 Å². The van der Waals surface area contributed by atoms with Crippen LogP contribution in [0.3, 0.4) is 0 Å². The second-order valence-corrected chi connectivity index (χ2v) is 9.14. The van der Waals surface area contributed by atoms with Crippen LogP contribution in [0.5, 0.6) is 0 Å². The molecule has 0 bridgehead atoms. The van der Waals surface area contributed by atoms with Gasteiger partial charge in [0.25, 0.3) is 5.91 Å². The molecule has 0 N–H and O–H groups in total. The number of unbranched alkanes of at least 4 members (excludes halogenated alkanes) is 1. The number of nitrogens with zero attached hydrogens (tertiary/aromatic N) is 1. The van der Waals surface area contributed by atoms with Crippen LogP contribution in [0.4, 0.5) is 0 Å². The van der Waals surface area contributed by atoms with E-state index in [4.69, 9.17) is 4.74 Å². The van der Waals surface area contributed by atoms with Crippen LogP contribution in [0.15, 0.2) is 72.8 Å². The summed E-state index contributed by atoms with van der Waals surface area (Å²) in [5.41, 5.74) is 6.07. The molecule has 0 spiro atoms. The molecule has 3 nitrogen and oxygen atoms in total. The summed E-state index contributed by atoms with van der Waals surface area (Å²) < 4.78 is 6.40. The maximum Gasteiger partial charge on any atom is 0.255 e. The van der Waals surface area contributed by atoms with Crippen LogP contribution in [0.1, 0.15) is 71.3 Å². The Kier molecular flexibility index (Phi) is 7.29. The third-order valence-electron chi connectivity index (χ3n) is 6.71. The lowest BCUT2D eigenvalue weighted by molar-refractivity contribution is 0.0147. The van der Waals surface area contributed by atoms with Gasteiger partial charge in [0.05, 0.1) is 13.2 Å². The fraction of sp³-hybridized carbons (Fsp3) is 0.367. The van der Waals surface area contributed by atoms with Gasteiger partial charge in [0.15, 0.2) is 0 Å². The maximum atomic E-state index is 13.5. The minimum absolute atomic E-state index is 0.0944. The van der Waals surface area contributed by atoms with E-state index in [1.54, 1.807) is 0 Å². The van der Waals surface area contributed by atoms with Gasteiger partial charge in [-0.3, -0.25) is 4.79 Å². The van der Waals surface area contributed by atoms with E-state index in [-0.39, 0.29) is 5.91 Å². The van der Waals surface area contributed by atoms with Crippen molar-refractivity contribution in [2.24, 2.45) is 0 Å². The maximum absolute atomic E-state index is 13.5. The number of amides is 1. The monoisotopic (exact) mass is 441 g/mol. The van der Waals surface area contributed by atoms with Crippen molar-refractivity contribution < 1.29 is 9.53 Å². The molecule has 1 unspecified atom stereocenters. The molecule has 1 heterocycles. The van der Waals surface area contributed by atoms with Gasteiger partial charge in [-0.25, -0.2) is 0 Å². The SMILES string of the molecule is CCCCc1ccc(COCC2(c3ccc(C)cc3)c3ccccc3C(=O)N2CCC)cc1.